The Morgan fingerprint density at radius 2 is 2.00 bits per heavy atom. The van der Waals surface area contributed by atoms with Crippen molar-refractivity contribution >= 4 is 51.0 Å². The van der Waals surface area contributed by atoms with Gasteiger partial charge in [0.15, 0.2) is 0 Å². The lowest BCUT2D eigenvalue weighted by molar-refractivity contribution is -0.130. The zero-order valence-electron chi connectivity index (χ0n) is 15.1. The number of aromatic nitrogens is 1. The maximum atomic E-state index is 12.7. The summed E-state index contributed by atoms with van der Waals surface area (Å²) in [4.78, 5) is 52.5. The van der Waals surface area contributed by atoms with Crippen LogP contribution in [-0.4, -0.2) is 46.2 Å². The van der Waals surface area contributed by atoms with Gasteiger partial charge < -0.3 is 21.4 Å². The highest BCUT2D eigenvalue weighted by Gasteiger charge is 2.39. The van der Waals surface area contributed by atoms with Crippen LogP contribution in [0.15, 0.2) is 41.9 Å². The molecule has 5 amide bonds. The number of urea groups is 1. The molecule has 1 aliphatic rings. The van der Waals surface area contributed by atoms with Crippen molar-refractivity contribution in [2.24, 2.45) is 5.73 Å². The molecule has 0 spiro atoms. The average Bonchev–Trinajstić information content (AvgIpc) is 3.37. The molecule has 1 atom stereocenters. The van der Waals surface area contributed by atoms with Gasteiger partial charge in [-0.3, -0.25) is 19.3 Å². The van der Waals surface area contributed by atoms with Crippen molar-refractivity contribution in [1.29, 1.82) is 0 Å². The number of para-hydroxylation sites is 1. The van der Waals surface area contributed by atoms with Gasteiger partial charge in [0.05, 0.1) is 5.56 Å². The van der Waals surface area contributed by atoms with Crippen molar-refractivity contribution < 1.29 is 19.2 Å². The number of imide groups is 1. The molecule has 9 nitrogen and oxygen atoms in total. The van der Waals surface area contributed by atoms with E-state index in [-0.39, 0.29) is 10.6 Å². The number of aromatic amines is 1. The molecule has 1 aliphatic heterocycles. The fraction of sp³-hybridized carbons (Fsp3) is 0.158. The Bertz CT molecular complexity index is 1130. The van der Waals surface area contributed by atoms with E-state index in [9.17, 15) is 19.2 Å². The standard InChI is InChI=1S/C19H17N5O4S/c20-16(26)12-5-6-29-17(12)23-15(25)9-24-18(27)14(22-19(24)28)7-10-8-21-13-4-2-1-3-11(10)13/h1-6,8,14,21H,7,9H2,(H2,20,26)(H,22,28)(H,23,25). The molecule has 1 fully saturated rings. The molecule has 0 saturated carbocycles. The smallest absolute Gasteiger partial charge is 0.325 e. The molecule has 0 aliphatic carbocycles. The van der Waals surface area contributed by atoms with Crippen molar-refractivity contribution in [3.8, 4) is 0 Å². The minimum atomic E-state index is -0.752. The Morgan fingerprint density at radius 1 is 1.21 bits per heavy atom. The first-order valence-corrected chi connectivity index (χ1v) is 9.66. The summed E-state index contributed by atoms with van der Waals surface area (Å²) in [7, 11) is 0. The van der Waals surface area contributed by atoms with Gasteiger partial charge in [-0.1, -0.05) is 18.2 Å². The van der Waals surface area contributed by atoms with Crippen LogP contribution in [0.1, 0.15) is 15.9 Å². The van der Waals surface area contributed by atoms with Gasteiger partial charge >= 0.3 is 6.03 Å². The van der Waals surface area contributed by atoms with Crippen molar-refractivity contribution in [3.05, 3.63) is 53.0 Å². The lowest BCUT2D eigenvalue weighted by Crippen LogP contribution is -2.38. The minimum absolute atomic E-state index is 0.178. The maximum absolute atomic E-state index is 12.7. The highest BCUT2D eigenvalue weighted by atomic mass is 32.1. The predicted octanol–water partition coefficient (Wildman–Crippen LogP) is 1.43. The third kappa shape index (κ3) is 3.57. The molecule has 1 unspecified atom stereocenters. The second kappa shape index (κ2) is 7.40. The molecule has 3 heterocycles. The molecule has 0 bridgehead atoms. The average molecular weight is 411 g/mol. The molecule has 148 valence electrons. The number of primary amides is 1. The van der Waals surface area contributed by atoms with Crippen LogP contribution in [0.5, 0.6) is 0 Å². The number of rotatable bonds is 6. The summed E-state index contributed by atoms with van der Waals surface area (Å²) in [6.45, 7) is -0.453. The number of fused-ring (bicyclic) bond motifs is 1. The molecular weight excluding hydrogens is 394 g/mol. The molecule has 29 heavy (non-hydrogen) atoms. The van der Waals surface area contributed by atoms with E-state index in [1.807, 2.05) is 30.5 Å². The number of nitrogens with one attached hydrogen (secondary N) is 3. The monoisotopic (exact) mass is 411 g/mol. The van der Waals surface area contributed by atoms with Crippen LogP contribution >= 0.6 is 11.3 Å². The summed E-state index contributed by atoms with van der Waals surface area (Å²) in [5.41, 5.74) is 7.27. The Morgan fingerprint density at radius 3 is 2.79 bits per heavy atom. The summed E-state index contributed by atoms with van der Waals surface area (Å²) in [5, 5.41) is 8.02. The summed E-state index contributed by atoms with van der Waals surface area (Å²) in [6, 6.07) is 7.78. The molecule has 10 heteroatoms. The normalized spacial score (nSPS) is 16.3. The molecular formula is C19H17N5O4S. The van der Waals surface area contributed by atoms with E-state index in [1.54, 1.807) is 5.38 Å². The number of hydrogen-bond donors (Lipinski definition) is 4. The van der Waals surface area contributed by atoms with Crippen molar-refractivity contribution in [1.82, 2.24) is 15.2 Å². The van der Waals surface area contributed by atoms with E-state index < -0.39 is 36.3 Å². The predicted molar refractivity (Wildman–Crippen MR) is 108 cm³/mol. The number of nitrogens with two attached hydrogens (primary N) is 1. The zero-order valence-corrected chi connectivity index (χ0v) is 15.9. The van der Waals surface area contributed by atoms with E-state index in [0.717, 1.165) is 32.7 Å². The third-order valence-electron chi connectivity index (χ3n) is 4.69. The highest BCUT2D eigenvalue weighted by Crippen LogP contribution is 2.23. The molecule has 4 rings (SSSR count). The lowest BCUT2D eigenvalue weighted by Gasteiger charge is -2.13. The molecule has 3 aromatic rings. The fourth-order valence-corrected chi connectivity index (χ4v) is 4.10. The van der Waals surface area contributed by atoms with Gasteiger partial charge in [-0.15, -0.1) is 11.3 Å². The van der Waals surface area contributed by atoms with E-state index in [1.165, 1.54) is 6.07 Å². The van der Waals surface area contributed by atoms with Gasteiger partial charge in [-0.25, -0.2) is 4.79 Å². The van der Waals surface area contributed by atoms with Gasteiger partial charge in [0.2, 0.25) is 5.91 Å². The van der Waals surface area contributed by atoms with Crippen LogP contribution < -0.4 is 16.4 Å². The number of benzene rings is 1. The number of carbonyl (C=O) groups excluding carboxylic acids is 4. The van der Waals surface area contributed by atoms with E-state index in [4.69, 9.17) is 5.73 Å². The van der Waals surface area contributed by atoms with Gasteiger partial charge in [0, 0.05) is 23.5 Å². The Kier molecular flexibility index (Phi) is 4.77. The summed E-state index contributed by atoms with van der Waals surface area (Å²) < 4.78 is 0. The van der Waals surface area contributed by atoms with Crippen LogP contribution in [0.25, 0.3) is 10.9 Å². The number of thiophene rings is 1. The van der Waals surface area contributed by atoms with Crippen molar-refractivity contribution in [2.75, 3.05) is 11.9 Å². The number of hydrogen-bond acceptors (Lipinski definition) is 5. The van der Waals surface area contributed by atoms with Gasteiger partial charge in [0.25, 0.3) is 11.8 Å². The summed E-state index contributed by atoms with van der Waals surface area (Å²) >= 11 is 1.13. The molecule has 5 N–H and O–H groups in total. The van der Waals surface area contributed by atoms with Crippen LogP contribution in [0.3, 0.4) is 0 Å². The fourth-order valence-electron chi connectivity index (χ4n) is 3.30. The lowest BCUT2D eigenvalue weighted by atomic mass is 10.1. The quantitative estimate of drug-likeness (QED) is 0.456. The maximum Gasteiger partial charge on any atom is 0.325 e. The Labute approximate surface area is 168 Å². The molecule has 2 aromatic heterocycles. The molecule has 1 saturated heterocycles. The second-order valence-corrected chi connectivity index (χ2v) is 7.48. The number of anilines is 1. The minimum Gasteiger partial charge on any atom is -0.366 e. The van der Waals surface area contributed by atoms with Crippen molar-refractivity contribution in [3.63, 3.8) is 0 Å². The molecule has 1 aromatic carbocycles. The first kappa shape index (κ1) is 18.7. The van der Waals surface area contributed by atoms with E-state index >= 15 is 0 Å². The zero-order chi connectivity index (χ0) is 20.5. The first-order valence-electron chi connectivity index (χ1n) is 8.78. The number of nitrogens with zero attached hydrogens (tertiary/aromatic N) is 1. The third-order valence-corrected chi connectivity index (χ3v) is 5.52. The van der Waals surface area contributed by atoms with Crippen LogP contribution in [0.2, 0.25) is 0 Å². The number of amides is 5. The van der Waals surface area contributed by atoms with Crippen LogP contribution in [0.4, 0.5) is 9.80 Å². The topological polar surface area (TPSA) is 137 Å². The second-order valence-electron chi connectivity index (χ2n) is 6.57. The first-order chi connectivity index (χ1) is 13.9. The van der Waals surface area contributed by atoms with Gasteiger partial charge in [-0.2, -0.15) is 0 Å². The summed E-state index contributed by atoms with van der Waals surface area (Å²) in [6.07, 6.45) is 2.12. The number of H-pyrrole nitrogens is 1. The van der Waals surface area contributed by atoms with E-state index in [2.05, 4.69) is 15.6 Å². The highest BCUT2D eigenvalue weighted by molar-refractivity contribution is 7.14. The molecule has 0 radical (unpaired) electrons. The van der Waals surface area contributed by atoms with Gasteiger partial charge in [-0.05, 0) is 23.1 Å². The largest absolute Gasteiger partial charge is 0.366 e. The number of carbonyl (C=O) groups is 4. The van der Waals surface area contributed by atoms with Crippen LogP contribution in [-0.2, 0) is 16.0 Å². The van der Waals surface area contributed by atoms with Gasteiger partial charge in [0.1, 0.15) is 17.6 Å². The van der Waals surface area contributed by atoms with E-state index in [0.29, 0.717) is 6.42 Å². The SMILES string of the molecule is NC(=O)c1ccsc1NC(=O)CN1C(=O)NC(Cc2c[nH]c3ccccc23)C1=O. The van der Waals surface area contributed by atoms with Crippen molar-refractivity contribution in [2.45, 2.75) is 12.5 Å². The summed E-state index contributed by atoms with van der Waals surface area (Å²) in [5.74, 6) is -1.74. The Balaban J connectivity index is 1.43. The Hall–Kier alpha value is -3.66. The van der Waals surface area contributed by atoms with Crippen LogP contribution in [0, 0.1) is 0 Å².